The zero-order valence-electron chi connectivity index (χ0n) is 21.0. The first-order valence-corrected chi connectivity index (χ1v) is 14.2. The summed E-state index contributed by atoms with van der Waals surface area (Å²) in [7, 11) is 0. The van der Waals surface area contributed by atoms with Gasteiger partial charge in [-0.2, -0.15) is 0 Å². The molecular formula is C22H25N7O7S3. The monoisotopic (exact) mass is 595 g/mol. The largest absolute Gasteiger partial charge is 0.427 e. The smallest absolute Gasteiger partial charge is 0.321 e. The minimum Gasteiger partial charge on any atom is -0.427 e. The number of nitrogens with one attached hydrogen (secondary N) is 1. The van der Waals surface area contributed by atoms with Crippen molar-refractivity contribution in [2.45, 2.75) is 32.2 Å². The number of hydrogen-bond donors (Lipinski definition) is 3. The average Bonchev–Trinajstić information content (AvgIpc) is 3.57. The van der Waals surface area contributed by atoms with E-state index in [0.717, 1.165) is 22.9 Å². The van der Waals surface area contributed by atoms with Crippen molar-refractivity contribution in [3.8, 4) is 0 Å². The van der Waals surface area contributed by atoms with Gasteiger partial charge in [0.25, 0.3) is 5.91 Å². The van der Waals surface area contributed by atoms with Crippen LogP contribution in [-0.4, -0.2) is 84.6 Å². The Morgan fingerprint density at radius 3 is 2.72 bits per heavy atom. The number of carbonyl (C=O) groups is 4. The fourth-order valence-electron chi connectivity index (χ4n) is 3.69. The zero-order chi connectivity index (χ0) is 28.4. The fourth-order valence-corrected chi connectivity index (χ4v) is 6.17. The van der Waals surface area contributed by atoms with E-state index in [-0.39, 0.29) is 28.8 Å². The van der Waals surface area contributed by atoms with Crippen molar-refractivity contribution in [3.63, 3.8) is 0 Å². The zero-order valence-corrected chi connectivity index (χ0v) is 23.5. The van der Waals surface area contributed by atoms with Gasteiger partial charge in [0, 0.05) is 23.1 Å². The van der Waals surface area contributed by atoms with Crippen molar-refractivity contribution >= 4 is 75.3 Å². The summed E-state index contributed by atoms with van der Waals surface area (Å²) in [5.74, 6) is -2.26. The van der Waals surface area contributed by atoms with Gasteiger partial charge in [0.2, 0.25) is 12.7 Å². The van der Waals surface area contributed by atoms with Gasteiger partial charge in [0.15, 0.2) is 10.8 Å². The van der Waals surface area contributed by atoms with Crippen molar-refractivity contribution in [1.82, 2.24) is 24.8 Å². The molecule has 17 heteroatoms. The number of esters is 2. The van der Waals surface area contributed by atoms with E-state index in [1.54, 1.807) is 38.3 Å². The second-order valence-corrected chi connectivity index (χ2v) is 12.3. The van der Waals surface area contributed by atoms with Gasteiger partial charge in [-0.15, -0.1) is 28.2 Å². The number of nitrogens with two attached hydrogens (primary N) is 1. The SMILES string of the molecule is CC(C)(C)C(=O)OCOC(=O)C1(C=Cc2csnn2)CS[C@@H]2C(NC(=O)C(=NO)c3csc(N)n3)C(=O)N2C1. The maximum absolute atomic E-state index is 13.3. The molecule has 2 aromatic rings. The van der Waals surface area contributed by atoms with Crippen LogP contribution < -0.4 is 11.1 Å². The molecule has 2 aliphatic heterocycles. The van der Waals surface area contributed by atoms with Gasteiger partial charge >= 0.3 is 11.9 Å². The number of thiazole rings is 1. The Kier molecular flexibility index (Phi) is 8.22. The topological polar surface area (TPSA) is 199 Å². The van der Waals surface area contributed by atoms with Crippen molar-refractivity contribution in [1.29, 1.82) is 0 Å². The number of hydrogen-bond acceptors (Lipinski definition) is 15. The first-order valence-electron chi connectivity index (χ1n) is 11.4. The molecule has 0 aliphatic carbocycles. The van der Waals surface area contributed by atoms with Crippen molar-refractivity contribution < 1.29 is 33.9 Å². The number of oxime groups is 1. The molecule has 0 saturated carbocycles. The van der Waals surface area contributed by atoms with Crippen molar-refractivity contribution in [2.75, 3.05) is 24.8 Å². The molecule has 14 nitrogen and oxygen atoms in total. The maximum atomic E-state index is 13.3. The molecule has 4 N–H and O–H groups in total. The maximum Gasteiger partial charge on any atom is 0.321 e. The molecule has 2 aliphatic rings. The van der Waals surface area contributed by atoms with Gasteiger partial charge in [-0.05, 0) is 38.4 Å². The Balaban J connectivity index is 1.45. The lowest BCUT2D eigenvalue weighted by Crippen LogP contribution is -2.74. The highest BCUT2D eigenvalue weighted by molar-refractivity contribution is 8.00. The number of ether oxygens (including phenoxy) is 2. The van der Waals surface area contributed by atoms with Crippen LogP contribution in [-0.2, 0) is 28.7 Å². The average molecular weight is 596 g/mol. The lowest BCUT2D eigenvalue weighted by Gasteiger charge is -2.53. The summed E-state index contributed by atoms with van der Waals surface area (Å²) in [6.07, 6.45) is 3.21. The van der Waals surface area contributed by atoms with Gasteiger partial charge in [-0.25, -0.2) is 4.98 Å². The lowest BCUT2D eigenvalue weighted by molar-refractivity contribution is -0.178. The summed E-state index contributed by atoms with van der Waals surface area (Å²) in [4.78, 5) is 56.4. The van der Waals surface area contributed by atoms with Crippen LogP contribution in [0.1, 0.15) is 32.2 Å². The standard InChI is InChI=1S/C22H25N7O7S3/c1-21(2,3)18(32)35-10-36-19(33)22(5-4-11-6-39-28-26-11)8-29-16(31)14(17(29)38-9-22)25-15(30)13(27-34)12-7-37-20(23)24-12/h4-7,14,17,34H,8-10H2,1-3H3,(H2,23,24)(H,25,30)/t14?,17-,22?/m1/s1. The van der Waals surface area contributed by atoms with E-state index >= 15 is 0 Å². The number of thioether (sulfide) groups is 1. The van der Waals surface area contributed by atoms with E-state index in [9.17, 15) is 24.4 Å². The molecule has 4 rings (SSSR count). The summed E-state index contributed by atoms with van der Waals surface area (Å²) < 4.78 is 14.2. The summed E-state index contributed by atoms with van der Waals surface area (Å²) in [6, 6.07) is -0.913. The minimum absolute atomic E-state index is 0.0421. The van der Waals surface area contributed by atoms with Crippen molar-refractivity contribution in [2.24, 2.45) is 16.0 Å². The molecule has 0 aromatic carbocycles. The molecule has 39 heavy (non-hydrogen) atoms. The number of anilines is 1. The predicted molar refractivity (Wildman–Crippen MR) is 143 cm³/mol. The molecular weight excluding hydrogens is 570 g/mol. The van der Waals surface area contributed by atoms with Crippen molar-refractivity contribution in [3.05, 3.63) is 28.2 Å². The molecule has 0 spiro atoms. The summed E-state index contributed by atoms with van der Waals surface area (Å²) in [5, 5.41) is 21.7. The number of rotatable bonds is 8. The fraction of sp³-hybridized carbons (Fsp3) is 0.455. The van der Waals surface area contributed by atoms with E-state index in [1.165, 1.54) is 22.0 Å². The van der Waals surface area contributed by atoms with E-state index in [4.69, 9.17) is 15.2 Å². The Bertz CT molecular complexity index is 1320. The minimum atomic E-state index is -1.28. The highest BCUT2D eigenvalue weighted by atomic mass is 32.2. The Morgan fingerprint density at radius 2 is 2.10 bits per heavy atom. The molecule has 2 fully saturated rings. The Labute approximate surface area is 234 Å². The Morgan fingerprint density at radius 1 is 1.33 bits per heavy atom. The van der Waals surface area contributed by atoms with Crippen LogP contribution in [0.4, 0.5) is 5.13 Å². The van der Waals surface area contributed by atoms with Crippen LogP contribution in [0, 0.1) is 10.8 Å². The second kappa shape index (κ2) is 11.3. The van der Waals surface area contributed by atoms with Gasteiger partial charge < -0.3 is 30.6 Å². The molecule has 2 unspecified atom stereocenters. The number of amides is 2. The summed E-state index contributed by atoms with van der Waals surface area (Å²) in [6.45, 7) is 4.40. The van der Waals surface area contributed by atoms with Gasteiger partial charge in [-0.3, -0.25) is 19.2 Å². The van der Waals surface area contributed by atoms with Gasteiger partial charge in [0.1, 0.15) is 22.5 Å². The van der Waals surface area contributed by atoms with E-state index in [1.807, 2.05) is 0 Å². The predicted octanol–water partition coefficient (Wildman–Crippen LogP) is 0.945. The quantitative estimate of drug-likeness (QED) is 0.0976. The third-order valence-electron chi connectivity index (χ3n) is 5.82. The molecule has 0 bridgehead atoms. The first kappa shape index (κ1) is 28.4. The number of nitrogens with zero attached hydrogens (tertiary/aromatic N) is 5. The van der Waals surface area contributed by atoms with Crippen LogP contribution in [0.15, 0.2) is 22.0 Å². The van der Waals surface area contributed by atoms with Gasteiger partial charge in [0.05, 0.1) is 11.1 Å². The highest BCUT2D eigenvalue weighted by Crippen LogP contribution is 2.43. The molecule has 0 radical (unpaired) electrons. The summed E-state index contributed by atoms with van der Waals surface area (Å²) in [5.41, 5.74) is 3.76. The normalized spacial score (nSPS) is 23.2. The first-order chi connectivity index (χ1) is 18.4. The molecule has 2 saturated heterocycles. The van der Waals surface area contributed by atoms with Crippen LogP contribution in [0.25, 0.3) is 6.08 Å². The second-order valence-electron chi connectivity index (χ2n) is 9.69. The van der Waals surface area contributed by atoms with Crippen LogP contribution in [0.2, 0.25) is 0 Å². The number of fused-ring (bicyclic) bond motifs is 1. The number of nitrogen functional groups attached to an aromatic ring is 1. The summed E-state index contributed by atoms with van der Waals surface area (Å²) >= 11 is 3.47. The third kappa shape index (κ3) is 6.04. The highest BCUT2D eigenvalue weighted by Gasteiger charge is 2.57. The van der Waals surface area contributed by atoms with Gasteiger partial charge in [-0.1, -0.05) is 15.7 Å². The molecule has 4 heterocycles. The molecule has 3 atom stereocenters. The van der Waals surface area contributed by atoms with Crippen LogP contribution in [0.3, 0.4) is 0 Å². The molecule has 208 valence electrons. The Hall–Kier alpha value is -3.57. The third-order valence-corrected chi connectivity index (χ3v) is 8.57. The lowest BCUT2D eigenvalue weighted by atomic mass is 9.86. The van der Waals surface area contributed by atoms with Crippen LogP contribution >= 0.6 is 34.6 Å². The molecule has 2 aromatic heterocycles. The molecule has 2 amide bonds. The number of β-lactam (4-membered cyclic amide) rings is 1. The van der Waals surface area contributed by atoms with E-state index < -0.39 is 52.8 Å². The number of carbonyl (C=O) groups excluding carboxylic acids is 4. The van der Waals surface area contributed by atoms with E-state index in [0.29, 0.717) is 5.69 Å². The van der Waals surface area contributed by atoms with E-state index in [2.05, 4.69) is 25.0 Å². The number of aromatic nitrogens is 3. The van der Waals surface area contributed by atoms with Crippen LogP contribution in [0.5, 0.6) is 0 Å².